The highest BCUT2D eigenvalue weighted by atomic mass is 16.5. The molecule has 0 saturated carbocycles. The Morgan fingerprint density at radius 2 is 2.11 bits per heavy atom. The molecular formula is C11H16N4O4. The quantitative estimate of drug-likeness (QED) is 0.584. The third-order valence-electron chi connectivity index (χ3n) is 2.02. The molecule has 1 aromatic rings. The van der Waals surface area contributed by atoms with Crippen molar-refractivity contribution in [3.05, 3.63) is 23.8 Å². The molecule has 1 aromatic heterocycles. The number of ether oxygens (including phenoxy) is 1. The summed E-state index contributed by atoms with van der Waals surface area (Å²) in [7, 11) is 0. The molecule has 1 rings (SSSR count). The smallest absolute Gasteiger partial charge is 0.329 e. The summed E-state index contributed by atoms with van der Waals surface area (Å²) in [6.45, 7) is 2.11. The van der Waals surface area contributed by atoms with Crippen molar-refractivity contribution in [1.29, 1.82) is 0 Å². The molecule has 19 heavy (non-hydrogen) atoms. The Bertz CT molecular complexity index is 421. The van der Waals surface area contributed by atoms with Crippen LogP contribution >= 0.6 is 0 Å². The number of nitrogens with zero attached hydrogens (tertiary/aromatic N) is 2. The van der Waals surface area contributed by atoms with Crippen LogP contribution in [0.1, 0.15) is 11.4 Å². The Morgan fingerprint density at radius 1 is 1.32 bits per heavy atom. The Morgan fingerprint density at radius 3 is 2.74 bits per heavy atom. The van der Waals surface area contributed by atoms with Crippen LogP contribution in [0.4, 0.5) is 4.79 Å². The minimum atomic E-state index is -1.04. The number of nitrogens with one attached hydrogen (secondary N) is 2. The van der Waals surface area contributed by atoms with E-state index < -0.39 is 5.97 Å². The van der Waals surface area contributed by atoms with E-state index in [1.807, 2.05) is 6.92 Å². The van der Waals surface area contributed by atoms with Crippen molar-refractivity contribution >= 4 is 12.0 Å². The molecule has 104 valence electrons. The van der Waals surface area contributed by atoms with Gasteiger partial charge in [0.15, 0.2) is 0 Å². The minimum absolute atomic E-state index is 0.143. The Hall–Kier alpha value is -2.22. The number of aromatic nitrogens is 2. The Labute approximate surface area is 110 Å². The third-order valence-corrected chi connectivity index (χ3v) is 2.02. The summed E-state index contributed by atoms with van der Waals surface area (Å²) in [6, 6.07) is -0.374. The number of urea groups is 1. The lowest BCUT2D eigenvalue weighted by Crippen LogP contribution is -2.37. The van der Waals surface area contributed by atoms with Gasteiger partial charge in [-0.15, -0.1) is 0 Å². The van der Waals surface area contributed by atoms with Crippen LogP contribution < -0.4 is 10.6 Å². The fraction of sp³-hybridized carbons (Fsp3) is 0.455. The number of carboxylic acid groups (broad SMARTS) is 1. The number of aryl methyl sites for hydroxylation is 1. The molecule has 0 saturated heterocycles. The van der Waals surface area contributed by atoms with Gasteiger partial charge in [-0.2, -0.15) is 0 Å². The van der Waals surface area contributed by atoms with Gasteiger partial charge in [0, 0.05) is 12.7 Å². The molecule has 1 heterocycles. The average Bonchev–Trinajstić information content (AvgIpc) is 2.37. The molecule has 0 unspecified atom stereocenters. The van der Waals surface area contributed by atoms with Gasteiger partial charge in [0.25, 0.3) is 0 Å². The predicted molar refractivity (Wildman–Crippen MR) is 65.5 cm³/mol. The molecule has 0 spiro atoms. The van der Waals surface area contributed by atoms with E-state index in [9.17, 15) is 9.59 Å². The van der Waals surface area contributed by atoms with Gasteiger partial charge in [0.05, 0.1) is 30.7 Å². The highest BCUT2D eigenvalue weighted by molar-refractivity contribution is 5.73. The molecule has 0 bridgehead atoms. The summed E-state index contributed by atoms with van der Waals surface area (Å²) in [5.74, 6) is -1.04. The number of carbonyl (C=O) groups is 2. The van der Waals surface area contributed by atoms with E-state index in [1.165, 1.54) is 0 Å². The molecule has 0 aliphatic heterocycles. The van der Waals surface area contributed by atoms with Gasteiger partial charge in [-0.05, 0) is 6.92 Å². The van der Waals surface area contributed by atoms with Crippen molar-refractivity contribution in [3.8, 4) is 0 Å². The van der Waals surface area contributed by atoms with E-state index >= 15 is 0 Å². The van der Waals surface area contributed by atoms with Crippen LogP contribution in [-0.4, -0.2) is 46.8 Å². The number of aliphatic carboxylic acids is 1. The van der Waals surface area contributed by atoms with E-state index in [4.69, 9.17) is 9.84 Å². The van der Waals surface area contributed by atoms with Crippen LogP contribution in [0.2, 0.25) is 0 Å². The summed E-state index contributed by atoms with van der Waals surface area (Å²) in [5.41, 5.74) is 1.46. The SMILES string of the molecule is Cc1cnc(CNC(=O)NCCOCC(=O)O)cn1. The van der Waals surface area contributed by atoms with E-state index in [-0.39, 0.29) is 32.3 Å². The maximum Gasteiger partial charge on any atom is 0.329 e. The number of hydrogen-bond acceptors (Lipinski definition) is 5. The van der Waals surface area contributed by atoms with Crippen molar-refractivity contribution in [2.75, 3.05) is 19.8 Å². The lowest BCUT2D eigenvalue weighted by molar-refractivity contribution is -0.142. The highest BCUT2D eigenvalue weighted by Gasteiger charge is 2.01. The monoisotopic (exact) mass is 268 g/mol. The van der Waals surface area contributed by atoms with Gasteiger partial charge in [0.1, 0.15) is 6.61 Å². The van der Waals surface area contributed by atoms with Crippen LogP contribution in [0.25, 0.3) is 0 Å². The van der Waals surface area contributed by atoms with Gasteiger partial charge in [-0.3, -0.25) is 9.97 Å². The number of carbonyl (C=O) groups excluding carboxylic acids is 1. The maximum absolute atomic E-state index is 11.3. The van der Waals surface area contributed by atoms with Gasteiger partial charge in [-0.25, -0.2) is 9.59 Å². The number of rotatable bonds is 7. The van der Waals surface area contributed by atoms with Gasteiger partial charge >= 0.3 is 12.0 Å². The van der Waals surface area contributed by atoms with Crippen LogP contribution in [0.5, 0.6) is 0 Å². The van der Waals surface area contributed by atoms with Crippen LogP contribution in [0, 0.1) is 6.92 Å². The van der Waals surface area contributed by atoms with E-state index in [0.29, 0.717) is 5.69 Å². The molecule has 0 radical (unpaired) electrons. The summed E-state index contributed by atoms with van der Waals surface area (Å²) in [5, 5.41) is 13.4. The largest absolute Gasteiger partial charge is 0.480 e. The van der Waals surface area contributed by atoms with Crippen LogP contribution in [-0.2, 0) is 16.1 Å². The summed E-state index contributed by atoms with van der Waals surface area (Å²) in [6.07, 6.45) is 3.21. The molecule has 8 heteroatoms. The maximum atomic E-state index is 11.3. The number of hydrogen-bond donors (Lipinski definition) is 3. The molecule has 2 amide bonds. The van der Waals surface area contributed by atoms with Crippen molar-refractivity contribution in [1.82, 2.24) is 20.6 Å². The fourth-order valence-corrected chi connectivity index (χ4v) is 1.14. The highest BCUT2D eigenvalue weighted by Crippen LogP contribution is 1.92. The normalized spacial score (nSPS) is 9.95. The van der Waals surface area contributed by atoms with E-state index in [1.54, 1.807) is 12.4 Å². The summed E-state index contributed by atoms with van der Waals surface area (Å²) < 4.78 is 4.76. The van der Waals surface area contributed by atoms with Crippen molar-refractivity contribution in [2.45, 2.75) is 13.5 Å². The molecule has 0 aromatic carbocycles. The molecular weight excluding hydrogens is 252 g/mol. The first kappa shape index (κ1) is 14.8. The Kier molecular flexibility index (Phi) is 6.23. The molecule has 0 aliphatic rings. The average molecular weight is 268 g/mol. The van der Waals surface area contributed by atoms with Crippen LogP contribution in [0.3, 0.4) is 0 Å². The lowest BCUT2D eigenvalue weighted by atomic mass is 10.4. The second-order valence-corrected chi connectivity index (χ2v) is 3.70. The lowest BCUT2D eigenvalue weighted by Gasteiger charge is -2.07. The zero-order valence-electron chi connectivity index (χ0n) is 10.5. The number of amides is 2. The number of carboxylic acids is 1. The van der Waals surface area contributed by atoms with Gasteiger partial charge in [0.2, 0.25) is 0 Å². The van der Waals surface area contributed by atoms with Gasteiger partial charge in [-0.1, -0.05) is 0 Å². The second-order valence-electron chi connectivity index (χ2n) is 3.70. The van der Waals surface area contributed by atoms with Crippen molar-refractivity contribution < 1.29 is 19.4 Å². The summed E-state index contributed by atoms with van der Waals surface area (Å²) >= 11 is 0. The molecule has 0 atom stereocenters. The van der Waals surface area contributed by atoms with Crippen molar-refractivity contribution in [3.63, 3.8) is 0 Å². The topological polar surface area (TPSA) is 113 Å². The predicted octanol–water partition coefficient (Wildman–Crippen LogP) is -0.315. The summed E-state index contributed by atoms with van der Waals surface area (Å²) in [4.78, 5) is 29.6. The minimum Gasteiger partial charge on any atom is -0.480 e. The van der Waals surface area contributed by atoms with Crippen LogP contribution in [0.15, 0.2) is 12.4 Å². The molecule has 0 fully saturated rings. The third kappa shape index (κ3) is 6.94. The molecule has 8 nitrogen and oxygen atoms in total. The Balaban J connectivity index is 2.11. The van der Waals surface area contributed by atoms with E-state index in [0.717, 1.165) is 5.69 Å². The fourth-order valence-electron chi connectivity index (χ4n) is 1.14. The molecule has 0 aliphatic carbocycles. The second kappa shape index (κ2) is 7.98. The first-order chi connectivity index (χ1) is 9.08. The first-order valence-electron chi connectivity index (χ1n) is 5.66. The zero-order valence-corrected chi connectivity index (χ0v) is 10.5. The van der Waals surface area contributed by atoms with Crippen molar-refractivity contribution in [2.24, 2.45) is 0 Å². The molecule has 3 N–H and O–H groups in total. The first-order valence-corrected chi connectivity index (χ1v) is 5.66. The zero-order chi connectivity index (χ0) is 14.1. The standard InChI is InChI=1S/C11H16N4O4/c1-8-4-14-9(5-13-8)6-15-11(18)12-2-3-19-7-10(16)17/h4-5H,2-3,6-7H2,1H3,(H,16,17)(H2,12,15,18). The van der Waals surface area contributed by atoms with Gasteiger partial charge < -0.3 is 20.5 Å². The van der Waals surface area contributed by atoms with E-state index in [2.05, 4.69) is 20.6 Å².